The molecule has 0 aliphatic carbocycles. The summed E-state index contributed by atoms with van der Waals surface area (Å²) in [6.45, 7) is 1.95. The van der Waals surface area contributed by atoms with Crippen molar-refractivity contribution in [3.05, 3.63) is 111 Å². The first-order chi connectivity index (χ1) is 20.3. The van der Waals surface area contributed by atoms with Gasteiger partial charge in [0.2, 0.25) is 11.8 Å². The number of nitrogens with one attached hydrogen (secondary N) is 2. The monoisotopic (exact) mass is 623 g/mol. The maximum atomic E-state index is 13.9. The average molecular weight is 624 g/mol. The van der Waals surface area contributed by atoms with Crippen molar-refractivity contribution in [2.45, 2.75) is 49.7 Å². The van der Waals surface area contributed by atoms with Gasteiger partial charge in [-0.2, -0.15) is 0 Å². The van der Waals surface area contributed by atoms with Gasteiger partial charge in [-0.25, -0.2) is 13.4 Å². The van der Waals surface area contributed by atoms with Crippen molar-refractivity contribution in [3.63, 3.8) is 0 Å². The minimum atomic E-state index is -3.71. The molecule has 0 radical (unpaired) electrons. The standard InChI is InChI=1S/C31H33N3O5S3/c1-2-10-23(29(35)31-34-22-13-6-7-14-25(22)39-31)33-30(36)24(20-42(37,38)19-21-11-4-3-5-12-21)32-28(26-15-8-17-40-26)27-16-9-18-41-27/h3-9,11-18,23-24,28-29,32,35H,2,10,19-20H2,1H3,(H,33,36)/t23?,24-,29-/m0/s1. The zero-order valence-corrected chi connectivity index (χ0v) is 25.5. The van der Waals surface area contributed by atoms with Crippen LogP contribution in [0.4, 0.5) is 0 Å². The number of hydrogen-bond donors (Lipinski definition) is 3. The molecule has 3 atom stereocenters. The SMILES string of the molecule is CCCC(NC(=O)[C@H](CS(=O)(=O)Cc1ccccc1)NC(c1cccs1)c1cccs1)[C@H](O)c1nc2ccccc2o1. The van der Waals surface area contributed by atoms with E-state index in [0.29, 0.717) is 29.5 Å². The topological polar surface area (TPSA) is 122 Å². The van der Waals surface area contributed by atoms with Gasteiger partial charge in [0.15, 0.2) is 21.5 Å². The number of rotatable bonds is 14. The number of amides is 1. The number of carbonyl (C=O) groups excluding carboxylic acids is 1. The van der Waals surface area contributed by atoms with Gasteiger partial charge in [-0.15, -0.1) is 22.7 Å². The Kier molecular flexibility index (Phi) is 9.86. The number of sulfone groups is 1. The lowest BCUT2D eigenvalue weighted by atomic mass is 10.0. The normalized spacial score (nSPS) is 14.2. The third-order valence-electron chi connectivity index (χ3n) is 6.86. The van der Waals surface area contributed by atoms with E-state index < -0.39 is 39.7 Å². The summed E-state index contributed by atoms with van der Waals surface area (Å²) < 4.78 is 32.7. The first-order valence-electron chi connectivity index (χ1n) is 13.7. The molecule has 2 aromatic carbocycles. The van der Waals surface area contributed by atoms with Crippen molar-refractivity contribution in [1.82, 2.24) is 15.6 Å². The smallest absolute Gasteiger partial charge is 0.238 e. The maximum Gasteiger partial charge on any atom is 0.238 e. The van der Waals surface area contributed by atoms with Gasteiger partial charge >= 0.3 is 0 Å². The van der Waals surface area contributed by atoms with E-state index in [1.54, 1.807) is 36.4 Å². The molecule has 0 aliphatic heterocycles. The number of benzene rings is 2. The lowest BCUT2D eigenvalue weighted by molar-refractivity contribution is -0.124. The van der Waals surface area contributed by atoms with Crippen molar-refractivity contribution in [3.8, 4) is 0 Å². The molecule has 3 N–H and O–H groups in total. The minimum absolute atomic E-state index is 0.103. The summed E-state index contributed by atoms with van der Waals surface area (Å²) >= 11 is 3.06. The van der Waals surface area contributed by atoms with Crippen LogP contribution in [0.1, 0.15) is 53.1 Å². The van der Waals surface area contributed by atoms with E-state index in [-0.39, 0.29) is 17.7 Å². The fourth-order valence-corrected chi connectivity index (χ4v) is 8.10. The van der Waals surface area contributed by atoms with Gasteiger partial charge in [0.1, 0.15) is 11.6 Å². The van der Waals surface area contributed by atoms with Gasteiger partial charge < -0.3 is 14.8 Å². The van der Waals surface area contributed by atoms with E-state index >= 15 is 0 Å². The number of nitrogens with zero attached hydrogens (tertiary/aromatic N) is 1. The second-order valence-corrected chi connectivity index (χ2v) is 14.2. The molecule has 42 heavy (non-hydrogen) atoms. The highest BCUT2D eigenvalue weighted by molar-refractivity contribution is 7.90. The summed E-state index contributed by atoms with van der Waals surface area (Å²) in [7, 11) is -3.71. The molecule has 3 aromatic heterocycles. The lowest BCUT2D eigenvalue weighted by Gasteiger charge is -2.28. The van der Waals surface area contributed by atoms with E-state index in [0.717, 1.165) is 9.75 Å². The molecule has 0 aliphatic rings. The molecule has 220 valence electrons. The zero-order valence-electron chi connectivity index (χ0n) is 23.1. The molecule has 1 amide bonds. The molecule has 3 heterocycles. The molecular weight excluding hydrogens is 591 g/mol. The van der Waals surface area contributed by atoms with Crippen LogP contribution in [0.2, 0.25) is 0 Å². The highest BCUT2D eigenvalue weighted by Gasteiger charge is 2.33. The molecule has 5 aromatic rings. The van der Waals surface area contributed by atoms with Crippen LogP contribution in [0.5, 0.6) is 0 Å². The van der Waals surface area contributed by atoms with E-state index in [4.69, 9.17) is 4.42 Å². The second kappa shape index (κ2) is 13.7. The third-order valence-corrected chi connectivity index (χ3v) is 10.4. The van der Waals surface area contributed by atoms with E-state index in [1.807, 2.05) is 60.1 Å². The van der Waals surface area contributed by atoms with Crippen molar-refractivity contribution in [2.24, 2.45) is 0 Å². The van der Waals surface area contributed by atoms with Crippen molar-refractivity contribution in [1.29, 1.82) is 0 Å². The highest BCUT2D eigenvalue weighted by Crippen LogP contribution is 2.30. The summed E-state index contributed by atoms with van der Waals surface area (Å²) in [5.41, 5.74) is 1.80. The van der Waals surface area contributed by atoms with E-state index in [9.17, 15) is 18.3 Å². The molecule has 0 fully saturated rings. The van der Waals surface area contributed by atoms with E-state index in [1.165, 1.54) is 22.7 Å². The van der Waals surface area contributed by atoms with Crippen LogP contribution in [-0.2, 0) is 20.4 Å². The number of hydrogen-bond acceptors (Lipinski definition) is 9. The summed E-state index contributed by atoms with van der Waals surface area (Å²) in [5, 5.41) is 21.4. The summed E-state index contributed by atoms with van der Waals surface area (Å²) in [4.78, 5) is 20.3. The van der Waals surface area contributed by atoms with Crippen molar-refractivity contribution < 1.29 is 22.7 Å². The number of aromatic nitrogens is 1. The quantitative estimate of drug-likeness (QED) is 0.147. The lowest BCUT2D eigenvalue weighted by Crippen LogP contribution is -2.53. The van der Waals surface area contributed by atoms with Crippen LogP contribution in [0.3, 0.4) is 0 Å². The fraction of sp³-hybridized carbons (Fsp3) is 0.290. The van der Waals surface area contributed by atoms with Gasteiger partial charge in [0, 0.05) is 9.75 Å². The Morgan fingerprint density at radius 3 is 2.24 bits per heavy atom. The Balaban J connectivity index is 1.42. The van der Waals surface area contributed by atoms with E-state index in [2.05, 4.69) is 15.6 Å². The predicted octanol–water partition coefficient (Wildman–Crippen LogP) is 5.63. The highest BCUT2D eigenvalue weighted by atomic mass is 32.2. The van der Waals surface area contributed by atoms with Crippen LogP contribution in [0, 0.1) is 0 Å². The molecule has 0 saturated carbocycles. The number of aliphatic hydroxyl groups excluding tert-OH is 1. The Morgan fingerprint density at radius 1 is 0.952 bits per heavy atom. The number of para-hydroxylation sites is 2. The van der Waals surface area contributed by atoms with Crippen LogP contribution >= 0.6 is 22.7 Å². The number of aliphatic hydroxyl groups is 1. The maximum absolute atomic E-state index is 13.9. The second-order valence-electron chi connectivity index (χ2n) is 10.1. The Morgan fingerprint density at radius 2 is 1.62 bits per heavy atom. The number of thiophene rings is 2. The van der Waals surface area contributed by atoms with Gasteiger partial charge in [-0.3, -0.25) is 10.1 Å². The van der Waals surface area contributed by atoms with Crippen LogP contribution in [0.15, 0.2) is 94.0 Å². The number of fused-ring (bicyclic) bond motifs is 1. The van der Waals surface area contributed by atoms with Gasteiger partial charge in [-0.1, -0.05) is 67.9 Å². The molecule has 0 bridgehead atoms. The summed E-state index contributed by atoms with van der Waals surface area (Å²) in [5.74, 6) is -1.02. The Bertz CT molecular complexity index is 1600. The van der Waals surface area contributed by atoms with Crippen molar-refractivity contribution in [2.75, 3.05) is 5.75 Å². The van der Waals surface area contributed by atoms with Crippen LogP contribution in [-0.4, -0.2) is 42.3 Å². The Hall–Kier alpha value is -3.35. The largest absolute Gasteiger partial charge is 0.438 e. The van der Waals surface area contributed by atoms with Crippen molar-refractivity contribution >= 4 is 49.5 Å². The zero-order chi connectivity index (χ0) is 29.5. The number of oxazole rings is 1. The molecule has 11 heteroatoms. The molecule has 8 nitrogen and oxygen atoms in total. The van der Waals surface area contributed by atoms with Gasteiger partial charge in [0.25, 0.3) is 0 Å². The molecule has 5 rings (SSSR count). The third kappa shape index (κ3) is 7.53. The van der Waals surface area contributed by atoms with Crippen LogP contribution < -0.4 is 10.6 Å². The van der Waals surface area contributed by atoms with Crippen LogP contribution in [0.25, 0.3) is 11.1 Å². The fourth-order valence-electron chi connectivity index (χ4n) is 4.85. The van der Waals surface area contributed by atoms with Gasteiger partial charge in [0.05, 0.1) is 23.6 Å². The Labute approximate surface area is 253 Å². The minimum Gasteiger partial charge on any atom is -0.438 e. The number of carbonyl (C=O) groups is 1. The first-order valence-corrected chi connectivity index (χ1v) is 17.3. The first kappa shape index (κ1) is 30.1. The average Bonchev–Trinajstić information content (AvgIpc) is 3.77. The molecule has 1 unspecified atom stereocenters. The predicted molar refractivity (Wildman–Crippen MR) is 167 cm³/mol. The summed E-state index contributed by atoms with van der Waals surface area (Å²) in [6, 6.07) is 21.7. The molecule has 0 saturated heterocycles. The summed E-state index contributed by atoms with van der Waals surface area (Å²) in [6.07, 6.45) is -0.109. The molecular formula is C31H33N3O5S3. The van der Waals surface area contributed by atoms with Gasteiger partial charge in [-0.05, 0) is 47.0 Å². The molecule has 0 spiro atoms.